The molecule has 0 aliphatic heterocycles. The number of anilines is 2. The summed E-state index contributed by atoms with van der Waals surface area (Å²) in [6.07, 6.45) is -3.20. The van der Waals surface area contributed by atoms with Gasteiger partial charge in [0, 0.05) is 4.47 Å². The van der Waals surface area contributed by atoms with Gasteiger partial charge in [-0.3, -0.25) is 4.79 Å². The molecule has 2 aromatic rings. The van der Waals surface area contributed by atoms with Crippen molar-refractivity contribution in [1.82, 2.24) is 4.98 Å². The van der Waals surface area contributed by atoms with Gasteiger partial charge in [-0.2, -0.15) is 13.2 Å². The molecule has 1 heterocycles. The zero-order valence-corrected chi connectivity index (χ0v) is 12.0. The number of pyridine rings is 1. The number of nitrogen functional groups attached to an aromatic ring is 1. The van der Waals surface area contributed by atoms with E-state index in [1.165, 1.54) is 24.4 Å². The third kappa shape index (κ3) is 3.72. The molecule has 1 aromatic carbocycles. The standard InChI is InChI=1S/C13H9BrF3N3O/c14-10-3-1-7(13(15,16)17)5-9(10)12(21)20-8-2-4-11(18)19-6-8/h1-6H,(H2,18,19)(H,20,21). The Bertz CT molecular complexity index is 671. The van der Waals surface area contributed by atoms with E-state index in [0.717, 1.165) is 12.1 Å². The monoisotopic (exact) mass is 359 g/mol. The average molecular weight is 360 g/mol. The van der Waals surface area contributed by atoms with Crippen LogP contribution in [0.2, 0.25) is 0 Å². The number of nitrogens with one attached hydrogen (secondary N) is 1. The number of benzene rings is 1. The van der Waals surface area contributed by atoms with Gasteiger partial charge in [0.15, 0.2) is 0 Å². The van der Waals surface area contributed by atoms with Crippen molar-refractivity contribution < 1.29 is 18.0 Å². The summed E-state index contributed by atoms with van der Waals surface area (Å²) in [5, 5.41) is 2.45. The first kappa shape index (κ1) is 15.3. The lowest BCUT2D eigenvalue weighted by Gasteiger charge is -2.11. The fourth-order valence-corrected chi connectivity index (χ4v) is 1.98. The van der Waals surface area contributed by atoms with E-state index in [1.807, 2.05) is 0 Å². The van der Waals surface area contributed by atoms with Gasteiger partial charge >= 0.3 is 6.18 Å². The highest BCUT2D eigenvalue weighted by molar-refractivity contribution is 9.10. The minimum absolute atomic E-state index is 0.123. The van der Waals surface area contributed by atoms with Crippen LogP contribution in [-0.2, 0) is 6.18 Å². The Kier molecular flexibility index (Phi) is 4.17. The number of carbonyl (C=O) groups excluding carboxylic acids is 1. The molecule has 0 aliphatic carbocycles. The van der Waals surface area contributed by atoms with E-state index >= 15 is 0 Å². The summed E-state index contributed by atoms with van der Waals surface area (Å²) in [6, 6.07) is 5.83. The number of alkyl halides is 3. The van der Waals surface area contributed by atoms with Crippen LogP contribution in [-0.4, -0.2) is 10.9 Å². The van der Waals surface area contributed by atoms with Gasteiger partial charge < -0.3 is 11.1 Å². The molecule has 0 spiro atoms. The molecule has 0 saturated carbocycles. The Morgan fingerprint density at radius 3 is 2.52 bits per heavy atom. The Morgan fingerprint density at radius 2 is 1.95 bits per heavy atom. The van der Waals surface area contributed by atoms with Crippen LogP contribution in [0.3, 0.4) is 0 Å². The van der Waals surface area contributed by atoms with Crippen LogP contribution in [0.4, 0.5) is 24.7 Å². The number of halogens is 4. The molecule has 4 nitrogen and oxygen atoms in total. The number of carbonyl (C=O) groups is 1. The van der Waals surface area contributed by atoms with Crippen molar-refractivity contribution >= 4 is 33.3 Å². The fraction of sp³-hybridized carbons (Fsp3) is 0.0769. The van der Waals surface area contributed by atoms with Crippen LogP contribution in [0.25, 0.3) is 0 Å². The number of nitrogens with zero attached hydrogens (tertiary/aromatic N) is 1. The van der Waals surface area contributed by atoms with Crippen molar-refractivity contribution in [2.45, 2.75) is 6.18 Å². The Labute approximate surface area is 126 Å². The lowest BCUT2D eigenvalue weighted by Crippen LogP contribution is -2.15. The van der Waals surface area contributed by atoms with E-state index in [-0.39, 0.29) is 15.9 Å². The maximum Gasteiger partial charge on any atom is 0.416 e. The predicted molar refractivity (Wildman–Crippen MR) is 75.7 cm³/mol. The van der Waals surface area contributed by atoms with E-state index in [0.29, 0.717) is 5.69 Å². The lowest BCUT2D eigenvalue weighted by atomic mass is 10.1. The van der Waals surface area contributed by atoms with Crippen LogP contribution in [0, 0.1) is 0 Å². The third-order valence-electron chi connectivity index (χ3n) is 2.58. The van der Waals surface area contributed by atoms with E-state index in [1.54, 1.807) is 0 Å². The third-order valence-corrected chi connectivity index (χ3v) is 3.27. The van der Waals surface area contributed by atoms with Crippen LogP contribution in [0.5, 0.6) is 0 Å². The Morgan fingerprint density at radius 1 is 1.24 bits per heavy atom. The van der Waals surface area contributed by atoms with E-state index < -0.39 is 17.6 Å². The van der Waals surface area contributed by atoms with E-state index in [4.69, 9.17) is 5.73 Å². The molecule has 1 aromatic heterocycles. The zero-order valence-electron chi connectivity index (χ0n) is 10.4. The average Bonchev–Trinajstić information content (AvgIpc) is 2.40. The summed E-state index contributed by atoms with van der Waals surface area (Å²) >= 11 is 3.06. The SMILES string of the molecule is Nc1ccc(NC(=O)c2cc(C(F)(F)F)ccc2Br)cn1. The smallest absolute Gasteiger partial charge is 0.384 e. The largest absolute Gasteiger partial charge is 0.416 e. The first-order valence-electron chi connectivity index (χ1n) is 5.67. The highest BCUT2D eigenvalue weighted by atomic mass is 79.9. The molecular weight excluding hydrogens is 351 g/mol. The minimum Gasteiger partial charge on any atom is -0.384 e. The molecule has 0 aliphatic rings. The molecule has 0 unspecified atom stereocenters. The van der Waals surface area contributed by atoms with Crippen LogP contribution in [0.15, 0.2) is 41.0 Å². The summed E-state index contributed by atoms with van der Waals surface area (Å²) in [5.74, 6) is -0.409. The van der Waals surface area contributed by atoms with Gasteiger partial charge in [-0.25, -0.2) is 4.98 Å². The van der Waals surface area contributed by atoms with Crippen molar-refractivity contribution in [3.63, 3.8) is 0 Å². The molecule has 0 radical (unpaired) electrons. The minimum atomic E-state index is -4.52. The molecule has 0 bridgehead atoms. The zero-order chi connectivity index (χ0) is 15.6. The topological polar surface area (TPSA) is 68.0 Å². The van der Waals surface area contributed by atoms with Gasteiger partial charge in [-0.1, -0.05) is 0 Å². The number of hydrogen-bond acceptors (Lipinski definition) is 3. The molecule has 2 rings (SSSR count). The first-order valence-corrected chi connectivity index (χ1v) is 6.46. The van der Waals surface area contributed by atoms with E-state index in [9.17, 15) is 18.0 Å². The Hall–Kier alpha value is -2.09. The Balaban J connectivity index is 2.28. The molecule has 0 atom stereocenters. The molecule has 1 amide bonds. The summed E-state index contributed by atoms with van der Waals surface area (Å²) in [4.78, 5) is 15.8. The molecule has 0 fully saturated rings. The van der Waals surface area contributed by atoms with Gasteiger partial charge in [0.05, 0.1) is 23.0 Å². The van der Waals surface area contributed by atoms with Gasteiger partial charge in [-0.15, -0.1) is 0 Å². The molecule has 0 saturated heterocycles. The second kappa shape index (κ2) is 5.72. The van der Waals surface area contributed by atoms with Crippen molar-refractivity contribution in [1.29, 1.82) is 0 Å². The lowest BCUT2D eigenvalue weighted by molar-refractivity contribution is -0.137. The van der Waals surface area contributed by atoms with Gasteiger partial charge in [0.25, 0.3) is 5.91 Å². The number of aromatic nitrogens is 1. The molecule has 3 N–H and O–H groups in total. The summed E-state index contributed by atoms with van der Waals surface area (Å²) in [6.45, 7) is 0. The van der Waals surface area contributed by atoms with Crippen molar-refractivity contribution in [2.75, 3.05) is 11.1 Å². The predicted octanol–water partition coefficient (Wildman–Crippen LogP) is 3.70. The number of amides is 1. The van der Waals surface area contributed by atoms with Gasteiger partial charge in [-0.05, 0) is 46.3 Å². The highest BCUT2D eigenvalue weighted by Crippen LogP contribution is 2.32. The fourth-order valence-electron chi connectivity index (χ4n) is 1.55. The summed E-state index contributed by atoms with van der Waals surface area (Å²) in [5.41, 5.74) is 4.72. The van der Waals surface area contributed by atoms with Crippen molar-refractivity contribution in [3.8, 4) is 0 Å². The second-order valence-corrected chi connectivity index (χ2v) is 4.97. The van der Waals surface area contributed by atoms with Crippen molar-refractivity contribution in [2.24, 2.45) is 0 Å². The summed E-state index contributed by atoms with van der Waals surface area (Å²) in [7, 11) is 0. The highest BCUT2D eigenvalue weighted by Gasteiger charge is 2.31. The molecule has 110 valence electrons. The van der Waals surface area contributed by atoms with Crippen LogP contribution in [0.1, 0.15) is 15.9 Å². The normalized spacial score (nSPS) is 11.2. The summed E-state index contributed by atoms with van der Waals surface area (Å²) < 4.78 is 38.3. The molecule has 21 heavy (non-hydrogen) atoms. The second-order valence-electron chi connectivity index (χ2n) is 4.12. The number of nitrogens with two attached hydrogens (primary N) is 1. The maximum atomic E-state index is 12.7. The van der Waals surface area contributed by atoms with Crippen LogP contribution >= 0.6 is 15.9 Å². The molecular formula is C13H9BrF3N3O. The van der Waals surface area contributed by atoms with Gasteiger partial charge in [0.1, 0.15) is 5.82 Å². The maximum absolute atomic E-state index is 12.7. The first-order chi connectivity index (χ1) is 9.77. The van der Waals surface area contributed by atoms with Crippen LogP contribution < -0.4 is 11.1 Å². The van der Waals surface area contributed by atoms with Crippen molar-refractivity contribution in [3.05, 3.63) is 52.1 Å². The molecule has 8 heteroatoms. The quantitative estimate of drug-likeness (QED) is 0.858. The van der Waals surface area contributed by atoms with Gasteiger partial charge in [0.2, 0.25) is 0 Å². The number of hydrogen-bond donors (Lipinski definition) is 2. The number of rotatable bonds is 2. The van der Waals surface area contributed by atoms with E-state index in [2.05, 4.69) is 26.2 Å².